The monoisotopic (exact) mass is 283 g/mol. The fourth-order valence-electron chi connectivity index (χ4n) is 2.65. The fourth-order valence-corrected chi connectivity index (χ4v) is 2.85. The summed E-state index contributed by atoms with van der Waals surface area (Å²) in [5.41, 5.74) is 0.383. The van der Waals surface area contributed by atoms with E-state index in [1.54, 1.807) is 6.20 Å². The molecule has 1 saturated carbocycles. The Balaban J connectivity index is 1.79. The maximum Gasteiger partial charge on any atom is 0.287 e. The first kappa shape index (κ1) is 12.9. The summed E-state index contributed by atoms with van der Waals surface area (Å²) in [7, 11) is 0. The van der Waals surface area contributed by atoms with Gasteiger partial charge in [0.1, 0.15) is 5.02 Å². The van der Waals surface area contributed by atoms with Gasteiger partial charge in [-0.25, -0.2) is 4.68 Å². The number of halogens is 1. The van der Waals surface area contributed by atoms with E-state index in [1.165, 1.54) is 17.5 Å². The number of anilines is 1. The zero-order valence-corrected chi connectivity index (χ0v) is 11.7. The number of rotatable bonds is 4. The molecule has 1 saturated heterocycles. The first-order valence-corrected chi connectivity index (χ1v) is 7.22. The largest absolute Gasteiger partial charge is 0.377 e. The molecule has 0 spiro atoms. The molecule has 1 aromatic heterocycles. The molecule has 1 aliphatic heterocycles. The maximum atomic E-state index is 11.9. The van der Waals surface area contributed by atoms with Gasteiger partial charge >= 0.3 is 0 Å². The van der Waals surface area contributed by atoms with Gasteiger partial charge in [-0.15, -0.1) is 0 Å². The zero-order chi connectivity index (χ0) is 13.4. The highest BCUT2D eigenvalue weighted by Gasteiger charge is 2.40. The fraction of sp³-hybridized carbons (Fsp3) is 0.692. The van der Waals surface area contributed by atoms with E-state index in [0.717, 1.165) is 13.0 Å². The van der Waals surface area contributed by atoms with Crippen LogP contribution in [0.5, 0.6) is 0 Å². The van der Waals surface area contributed by atoms with Crippen LogP contribution in [0.15, 0.2) is 11.0 Å². The average molecular weight is 284 g/mol. The number of aromatic nitrogens is 2. The third kappa shape index (κ3) is 2.49. The van der Waals surface area contributed by atoms with Crippen LogP contribution in [-0.2, 0) is 11.3 Å². The summed E-state index contributed by atoms with van der Waals surface area (Å²) in [6.07, 6.45) is 5.33. The second kappa shape index (κ2) is 5.13. The van der Waals surface area contributed by atoms with Crippen molar-refractivity contribution in [3.63, 3.8) is 0 Å². The molecule has 0 amide bonds. The lowest BCUT2D eigenvalue weighted by atomic mass is 10.1. The van der Waals surface area contributed by atoms with Crippen LogP contribution in [0.2, 0.25) is 5.02 Å². The van der Waals surface area contributed by atoms with E-state index in [1.807, 2.05) is 6.92 Å². The van der Waals surface area contributed by atoms with E-state index in [0.29, 0.717) is 18.2 Å². The summed E-state index contributed by atoms with van der Waals surface area (Å²) in [6.45, 7) is 3.16. The molecule has 2 heterocycles. The topological polar surface area (TPSA) is 56.1 Å². The third-order valence-electron chi connectivity index (χ3n) is 3.85. The Morgan fingerprint density at radius 3 is 3.00 bits per heavy atom. The lowest BCUT2D eigenvalue weighted by Gasteiger charge is -2.21. The lowest BCUT2D eigenvalue weighted by molar-refractivity contribution is 0.0898. The SMILES string of the molecule is CCn1ncc(NC2CCOC2C2CC2)c(Cl)c1=O. The molecule has 104 valence electrons. The Morgan fingerprint density at radius 1 is 1.53 bits per heavy atom. The van der Waals surface area contributed by atoms with Crippen LogP contribution in [0.25, 0.3) is 0 Å². The van der Waals surface area contributed by atoms with Gasteiger partial charge in [0, 0.05) is 13.2 Å². The van der Waals surface area contributed by atoms with Crippen molar-refractivity contribution in [3.05, 3.63) is 21.6 Å². The van der Waals surface area contributed by atoms with Gasteiger partial charge in [0.25, 0.3) is 5.56 Å². The van der Waals surface area contributed by atoms with Crippen LogP contribution in [0, 0.1) is 5.92 Å². The summed E-state index contributed by atoms with van der Waals surface area (Å²) in [5, 5.41) is 7.66. The number of aryl methyl sites for hydroxylation is 1. The Kier molecular flexibility index (Phi) is 3.50. The molecule has 2 fully saturated rings. The van der Waals surface area contributed by atoms with Crippen molar-refractivity contribution in [1.29, 1.82) is 0 Å². The van der Waals surface area contributed by atoms with Crippen LogP contribution < -0.4 is 10.9 Å². The zero-order valence-electron chi connectivity index (χ0n) is 10.9. The predicted molar refractivity (Wildman–Crippen MR) is 73.7 cm³/mol. The number of nitrogens with one attached hydrogen (secondary N) is 1. The number of nitrogens with zero attached hydrogens (tertiary/aromatic N) is 2. The molecule has 2 unspecified atom stereocenters. The molecular weight excluding hydrogens is 266 g/mol. The summed E-state index contributed by atoms with van der Waals surface area (Å²) in [5.74, 6) is 0.669. The van der Waals surface area contributed by atoms with Crippen molar-refractivity contribution >= 4 is 17.3 Å². The molecule has 5 nitrogen and oxygen atoms in total. The molecule has 3 rings (SSSR count). The molecular formula is C13H18ClN3O2. The molecule has 1 N–H and O–H groups in total. The number of ether oxygens (including phenoxy) is 1. The molecule has 0 aromatic carbocycles. The second-order valence-electron chi connectivity index (χ2n) is 5.21. The predicted octanol–water partition coefficient (Wildman–Crippen LogP) is 1.90. The summed E-state index contributed by atoms with van der Waals surface area (Å²) in [6, 6.07) is 0.240. The van der Waals surface area contributed by atoms with E-state index in [-0.39, 0.29) is 22.7 Å². The van der Waals surface area contributed by atoms with Crippen molar-refractivity contribution < 1.29 is 4.74 Å². The first-order valence-electron chi connectivity index (χ1n) is 6.84. The Labute approximate surface area is 116 Å². The normalized spacial score (nSPS) is 26.6. The van der Waals surface area contributed by atoms with Gasteiger partial charge < -0.3 is 10.1 Å². The minimum absolute atomic E-state index is 0.221. The summed E-state index contributed by atoms with van der Waals surface area (Å²) in [4.78, 5) is 11.9. The minimum Gasteiger partial charge on any atom is -0.377 e. The van der Waals surface area contributed by atoms with E-state index in [9.17, 15) is 4.79 Å². The van der Waals surface area contributed by atoms with Gasteiger partial charge in [-0.1, -0.05) is 11.6 Å². The van der Waals surface area contributed by atoms with E-state index >= 15 is 0 Å². The number of hydrogen-bond acceptors (Lipinski definition) is 4. The van der Waals surface area contributed by atoms with Gasteiger partial charge in [0.2, 0.25) is 0 Å². The van der Waals surface area contributed by atoms with Crippen LogP contribution >= 0.6 is 11.6 Å². The smallest absolute Gasteiger partial charge is 0.287 e. The van der Waals surface area contributed by atoms with Gasteiger partial charge in [-0.05, 0) is 32.1 Å². The van der Waals surface area contributed by atoms with Crippen LogP contribution in [0.4, 0.5) is 5.69 Å². The highest BCUT2D eigenvalue weighted by Crippen LogP contribution is 2.39. The van der Waals surface area contributed by atoms with E-state index in [2.05, 4.69) is 10.4 Å². The minimum atomic E-state index is -0.240. The molecule has 1 aromatic rings. The molecule has 0 bridgehead atoms. The van der Waals surface area contributed by atoms with Gasteiger partial charge in [-0.2, -0.15) is 5.10 Å². The quantitative estimate of drug-likeness (QED) is 0.917. The summed E-state index contributed by atoms with van der Waals surface area (Å²) < 4.78 is 7.13. The molecule has 2 aliphatic rings. The van der Waals surface area contributed by atoms with Gasteiger partial charge in [-0.3, -0.25) is 4.79 Å². The standard InChI is InChI=1S/C13H18ClN3O2/c1-2-17-13(18)11(14)10(7-15-17)16-9-5-6-19-12(9)8-3-4-8/h7-9,12,16H,2-6H2,1H3. The van der Waals surface area contributed by atoms with E-state index in [4.69, 9.17) is 16.3 Å². The van der Waals surface area contributed by atoms with Crippen molar-refractivity contribution in [2.45, 2.75) is 44.9 Å². The molecule has 0 radical (unpaired) electrons. The highest BCUT2D eigenvalue weighted by molar-refractivity contribution is 6.32. The Morgan fingerprint density at radius 2 is 2.32 bits per heavy atom. The first-order chi connectivity index (χ1) is 9.20. The highest BCUT2D eigenvalue weighted by atomic mass is 35.5. The maximum absolute atomic E-state index is 11.9. The van der Waals surface area contributed by atoms with Crippen LogP contribution in [0.1, 0.15) is 26.2 Å². The lowest BCUT2D eigenvalue weighted by Crippen LogP contribution is -2.32. The Bertz CT molecular complexity index is 527. The van der Waals surface area contributed by atoms with Crippen molar-refractivity contribution in [2.24, 2.45) is 5.92 Å². The van der Waals surface area contributed by atoms with Crippen molar-refractivity contribution in [2.75, 3.05) is 11.9 Å². The van der Waals surface area contributed by atoms with Crippen LogP contribution in [0.3, 0.4) is 0 Å². The summed E-state index contributed by atoms with van der Waals surface area (Å²) >= 11 is 6.12. The molecule has 6 heteroatoms. The second-order valence-corrected chi connectivity index (χ2v) is 5.58. The third-order valence-corrected chi connectivity index (χ3v) is 4.21. The molecule has 19 heavy (non-hydrogen) atoms. The van der Waals surface area contributed by atoms with Crippen molar-refractivity contribution in [3.8, 4) is 0 Å². The molecule has 2 atom stereocenters. The van der Waals surface area contributed by atoms with Crippen molar-refractivity contribution in [1.82, 2.24) is 9.78 Å². The average Bonchev–Trinajstić information content (AvgIpc) is 3.16. The van der Waals surface area contributed by atoms with Crippen LogP contribution in [-0.4, -0.2) is 28.5 Å². The molecule has 1 aliphatic carbocycles. The van der Waals surface area contributed by atoms with E-state index < -0.39 is 0 Å². The number of hydrogen-bond donors (Lipinski definition) is 1. The Hall–Kier alpha value is -1.07. The van der Waals surface area contributed by atoms with Gasteiger partial charge in [0.15, 0.2) is 0 Å². The van der Waals surface area contributed by atoms with Gasteiger partial charge in [0.05, 0.1) is 24.0 Å².